The standard InChI is InChI=1S/C32H36N4O2/c1-22-25(28-20-24(37)19-23-9-3-4-10-26(23)28)11-12-27-29(22)33-31(34-30(27)35-15-5-2-6-16-35)38-21-32-13-7-17-36(32)18-8-14-32/h3-4,9-12,19-20,37H,2,5-8,13-18,21H2,1H3. The molecule has 0 atom stereocenters. The van der Waals surface area contributed by atoms with Gasteiger partial charge in [0.05, 0.1) is 11.1 Å². The number of phenols is 1. The van der Waals surface area contributed by atoms with E-state index in [1.54, 1.807) is 0 Å². The molecule has 0 spiro atoms. The average Bonchev–Trinajstić information content (AvgIpc) is 3.53. The second kappa shape index (κ2) is 9.42. The van der Waals surface area contributed by atoms with Crippen molar-refractivity contribution in [3.63, 3.8) is 0 Å². The van der Waals surface area contributed by atoms with E-state index in [0.29, 0.717) is 12.6 Å². The highest BCUT2D eigenvalue weighted by molar-refractivity contribution is 6.02. The van der Waals surface area contributed by atoms with E-state index in [4.69, 9.17) is 14.7 Å². The maximum atomic E-state index is 10.5. The Labute approximate surface area is 224 Å². The van der Waals surface area contributed by atoms with Crippen molar-refractivity contribution < 1.29 is 9.84 Å². The number of phenolic OH excluding ortho intramolecular Hbond substituents is 1. The smallest absolute Gasteiger partial charge is 0.319 e. The molecule has 6 heteroatoms. The fraction of sp³-hybridized carbons (Fsp3) is 0.438. The molecule has 6 nitrogen and oxygen atoms in total. The zero-order valence-corrected chi connectivity index (χ0v) is 22.2. The van der Waals surface area contributed by atoms with Crippen molar-refractivity contribution in [1.82, 2.24) is 14.9 Å². The van der Waals surface area contributed by atoms with Gasteiger partial charge in [-0.3, -0.25) is 4.90 Å². The molecule has 4 heterocycles. The minimum absolute atomic E-state index is 0.154. The van der Waals surface area contributed by atoms with E-state index in [9.17, 15) is 5.11 Å². The van der Waals surface area contributed by atoms with Gasteiger partial charge in [0.1, 0.15) is 18.2 Å². The Morgan fingerprint density at radius 1 is 0.842 bits per heavy atom. The largest absolute Gasteiger partial charge is 0.508 e. The van der Waals surface area contributed by atoms with Crippen molar-refractivity contribution >= 4 is 27.5 Å². The second-order valence-electron chi connectivity index (χ2n) is 11.4. The van der Waals surface area contributed by atoms with E-state index in [0.717, 1.165) is 57.3 Å². The van der Waals surface area contributed by atoms with E-state index in [2.05, 4.69) is 41.0 Å². The zero-order valence-electron chi connectivity index (χ0n) is 22.2. The van der Waals surface area contributed by atoms with Gasteiger partial charge in [-0.2, -0.15) is 9.97 Å². The molecule has 196 valence electrons. The number of rotatable bonds is 5. The van der Waals surface area contributed by atoms with Crippen LogP contribution >= 0.6 is 0 Å². The third-order valence-electron chi connectivity index (χ3n) is 9.15. The molecule has 7 rings (SSSR count). The van der Waals surface area contributed by atoms with Gasteiger partial charge in [-0.25, -0.2) is 0 Å². The number of aryl methyl sites for hydroxylation is 1. The molecular weight excluding hydrogens is 472 g/mol. The summed E-state index contributed by atoms with van der Waals surface area (Å²) < 4.78 is 6.49. The summed E-state index contributed by atoms with van der Waals surface area (Å²) in [5.41, 5.74) is 4.28. The van der Waals surface area contributed by atoms with Crippen molar-refractivity contribution in [3.8, 4) is 22.9 Å². The summed E-state index contributed by atoms with van der Waals surface area (Å²) in [5.74, 6) is 1.27. The molecule has 0 radical (unpaired) electrons. The summed E-state index contributed by atoms with van der Waals surface area (Å²) in [6.07, 6.45) is 8.55. The maximum Gasteiger partial charge on any atom is 0.319 e. The first-order chi connectivity index (χ1) is 18.6. The van der Waals surface area contributed by atoms with Gasteiger partial charge in [-0.1, -0.05) is 30.3 Å². The molecule has 0 aliphatic carbocycles. The van der Waals surface area contributed by atoms with Crippen molar-refractivity contribution in [2.45, 2.75) is 57.4 Å². The molecule has 1 N–H and O–H groups in total. The van der Waals surface area contributed by atoms with Crippen LogP contribution in [-0.2, 0) is 0 Å². The minimum atomic E-state index is 0.154. The van der Waals surface area contributed by atoms with Crippen LogP contribution in [0.2, 0.25) is 0 Å². The van der Waals surface area contributed by atoms with Crippen LogP contribution < -0.4 is 9.64 Å². The first-order valence-electron chi connectivity index (χ1n) is 14.3. The number of aromatic hydroxyl groups is 1. The molecule has 3 aromatic carbocycles. The van der Waals surface area contributed by atoms with Gasteiger partial charge in [0.15, 0.2) is 0 Å². The number of hydrogen-bond donors (Lipinski definition) is 1. The molecule has 3 saturated heterocycles. The predicted molar refractivity (Wildman–Crippen MR) is 153 cm³/mol. The summed E-state index contributed by atoms with van der Waals surface area (Å²) >= 11 is 0. The summed E-state index contributed by atoms with van der Waals surface area (Å²) in [4.78, 5) is 15.1. The van der Waals surface area contributed by atoms with Gasteiger partial charge in [-0.15, -0.1) is 0 Å². The predicted octanol–water partition coefficient (Wildman–Crippen LogP) is 6.46. The Hall–Kier alpha value is -3.38. The summed E-state index contributed by atoms with van der Waals surface area (Å²) in [6, 6.07) is 16.8. The molecule has 3 aliphatic rings. The van der Waals surface area contributed by atoms with Gasteiger partial charge in [-0.05, 0) is 111 Å². The number of nitrogens with zero attached hydrogens (tertiary/aromatic N) is 4. The van der Waals surface area contributed by atoms with Crippen LogP contribution in [0.1, 0.15) is 50.5 Å². The molecular formula is C32H36N4O2. The first kappa shape index (κ1) is 23.7. The molecule has 38 heavy (non-hydrogen) atoms. The average molecular weight is 509 g/mol. The van der Waals surface area contributed by atoms with Crippen LogP contribution in [0.4, 0.5) is 5.82 Å². The summed E-state index contributed by atoms with van der Waals surface area (Å²) in [6.45, 7) is 7.20. The number of aromatic nitrogens is 2. The molecule has 0 amide bonds. The molecule has 4 aromatic rings. The number of anilines is 1. The molecule has 0 bridgehead atoms. The Morgan fingerprint density at radius 3 is 2.45 bits per heavy atom. The Morgan fingerprint density at radius 2 is 1.63 bits per heavy atom. The van der Waals surface area contributed by atoms with Gasteiger partial charge >= 0.3 is 6.01 Å². The highest BCUT2D eigenvalue weighted by Crippen LogP contribution is 2.41. The SMILES string of the molecule is Cc1c(-c2cc(O)cc3ccccc23)ccc2c(N3CCCCC3)nc(OCC34CCCN3CCC4)nc12. The number of hydrogen-bond acceptors (Lipinski definition) is 6. The fourth-order valence-corrected chi connectivity index (χ4v) is 7.18. The number of benzene rings is 3. The molecule has 0 unspecified atom stereocenters. The van der Waals surface area contributed by atoms with Crippen LogP contribution in [0.5, 0.6) is 11.8 Å². The van der Waals surface area contributed by atoms with Crippen LogP contribution in [0.15, 0.2) is 48.5 Å². The lowest BCUT2D eigenvalue weighted by Gasteiger charge is -2.32. The lowest BCUT2D eigenvalue weighted by atomic mass is 9.93. The first-order valence-corrected chi connectivity index (χ1v) is 14.3. The number of ether oxygens (including phenoxy) is 1. The fourth-order valence-electron chi connectivity index (χ4n) is 7.18. The minimum Gasteiger partial charge on any atom is -0.508 e. The van der Waals surface area contributed by atoms with Gasteiger partial charge in [0.2, 0.25) is 0 Å². The lowest BCUT2D eigenvalue weighted by Crippen LogP contribution is -2.43. The van der Waals surface area contributed by atoms with Crippen LogP contribution in [0.3, 0.4) is 0 Å². The Balaban J connectivity index is 1.35. The summed E-state index contributed by atoms with van der Waals surface area (Å²) in [7, 11) is 0. The third kappa shape index (κ3) is 3.97. The Kier molecular flexibility index (Phi) is 5.88. The van der Waals surface area contributed by atoms with Crippen molar-refractivity contribution in [1.29, 1.82) is 0 Å². The molecule has 3 aliphatic heterocycles. The Bertz CT molecular complexity index is 1500. The van der Waals surface area contributed by atoms with Gasteiger partial charge in [0, 0.05) is 18.5 Å². The van der Waals surface area contributed by atoms with Crippen molar-refractivity contribution in [2.75, 3.05) is 37.7 Å². The number of fused-ring (bicyclic) bond motifs is 3. The third-order valence-corrected chi connectivity index (χ3v) is 9.15. The highest BCUT2D eigenvalue weighted by Gasteiger charge is 2.45. The normalized spacial score (nSPS) is 19.3. The molecule has 0 saturated carbocycles. The quantitative estimate of drug-likeness (QED) is 0.334. The topological polar surface area (TPSA) is 61.7 Å². The second-order valence-corrected chi connectivity index (χ2v) is 11.4. The van der Waals surface area contributed by atoms with Gasteiger partial charge in [0.25, 0.3) is 0 Å². The lowest BCUT2D eigenvalue weighted by molar-refractivity contribution is 0.108. The van der Waals surface area contributed by atoms with Crippen LogP contribution in [0, 0.1) is 6.92 Å². The zero-order chi connectivity index (χ0) is 25.7. The number of piperidine rings is 1. The monoisotopic (exact) mass is 508 g/mol. The van der Waals surface area contributed by atoms with Crippen molar-refractivity contribution in [2.24, 2.45) is 0 Å². The van der Waals surface area contributed by atoms with Gasteiger partial charge < -0.3 is 14.7 Å². The summed E-state index contributed by atoms with van der Waals surface area (Å²) in [5, 5.41) is 13.8. The van der Waals surface area contributed by atoms with Crippen LogP contribution in [-0.4, -0.2) is 58.3 Å². The van der Waals surface area contributed by atoms with Crippen LogP contribution in [0.25, 0.3) is 32.8 Å². The highest BCUT2D eigenvalue weighted by atomic mass is 16.5. The van der Waals surface area contributed by atoms with Crippen molar-refractivity contribution in [3.05, 3.63) is 54.1 Å². The maximum absolute atomic E-state index is 10.5. The van der Waals surface area contributed by atoms with E-state index < -0.39 is 0 Å². The van der Waals surface area contributed by atoms with E-state index in [1.807, 2.05) is 24.3 Å². The van der Waals surface area contributed by atoms with E-state index >= 15 is 0 Å². The molecule has 1 aromatic heterocycles. The molecule has 3 fully saturated rings. The van der Waals surface area contributed by atoms with E-state index in [1.165, 1.54) is 58.0 Å². The van der Waals surface area contributed by atoms with E-state index in [-0.39, 0.29) is 11.3 Å².